The predicted molar refractivity (Wildman–Crippen MR) is 96.3 cm³/mol. The van der Waals surface area contributed by atoms with E-state index in [4.69, 9.17) is 4.74 Å². The van der Waals surface area contributed by atoms with Crippen LogP contribution in [0.3, 0.4) is 0 Å². The molecule has 0 aliphatic carbocycles. The highest BCUT2D eigenvalue weighted by atomic mass is 19.3. The molecule has 2 aromatic rings. The lowest BCUT2D eigenvalue weighted by Gasteiger charge is -2.38. The monoisotopic (exact) mass is 390 g/mol. The van der Waals surface area contributed by atoms with Gasteiger partial charge in [0, 0.05) is 26.7 Å². The summed E-state index contributed by atoms with van der Waals surface area (Å²) in [5.41, 5.74) is 1.83. The van der Waals surface area contributed by atoms with Crippen LogP contribution in [0.2, 0.25) is 0 Å². The molecule has 1 saturated heterocycles. The smallest absolute Gasteiger partial charge is 0.489 e. The van der Waals surface area contributed by atoms with E-state index in [1.807, 2.05) is 24.3 Å². The van der Waals surface area contributed by atoms with E-state index >= 15 is 0 Å². The van der Waals surface area contributed by atoms with Crippen molar-refractivity contribution in [3.05, 3.63) is 53.6 Å². The fourth-order valence-electron chi connectivity index (χ4n) is 3.27. The highest BCUT2D eigenvalue weighted by molar-refractivity contribution is 5.79. The van der Waals surface area contributed by atoms with Crippen LogP contribution >= 0.6 is 0 Å². The maximum atomic E-state index is 13.1. The highest BCUT2D eigenvalue weighted by Crippen LogP contribution is 2.41. The molecule has 0 aromatic heterocycles. The number of fused-ring (bicyclic) bond motifs is 1. The number of alkyl halides is 2. The van der Waals surface area contributed by atoms with Crippen molar-refractivity contribution in [1.82, 2.24) is 10.2 Å². The van der Waals surface area contributed by atoms with E-state index in [0.717, 1.165) is 25.2 Å². The Balaban J connectivity index is 1.27. The molecule has 8 heteroatoms. The summed E-state index contributed by atoms with van der Waals surface area (Å²) in [7, 11) is 1.66. The lowest BCUT2D eigenvalue weighted by atomic mass is 9.98. The first-order chi connectivity index (χ1) is 13.4. The van der Waals surface area contributed by atoms with E-state index in [1.165, 1.54) is 12.1 Å². The predicted octanol–water partition coefficient (Wildman–Crippen LogP) is 2.76. The number of benzene rings is 2. The molecule has 4 rings (SSSR count). The molecule has 1 amide bonds. The summed E-state index contributed by atoms with van der Waals surface area (Å²) in [6, 6.07) is 12.3. The van der Waals surface area contributed by atoms with Crippen molar-refractivity contribution in [2.75, 3.05) is 20.1 Å². The fraction of sp³-hybridized carbons (Fsp3) is 0.350. The Kier molecular flexibility index (Phi) is 4.80. The Morgan fingerprint density at radius 3 is 2.54 bits per heavy atom. The number of carbonyl (C=O) groups is 1. The number of halogens is 2. The SMILES string of the molecule is CNC(=O)C1CN(Cc2ccc(OCc3ccc4c(c3)OC(F)(F)O4)cc2)C1. The van der Waals surface area contributed by atoms with Gasteiger partial charge in [-0.2, -0.15) is 0 Å². The summed E-state index contributed by atoms with van der Waals surface area (Å²) < 4.78 is 40.7. The number of hydrogen-bond donors (Lipinski definition) is 1. The molecule has 0 unspecified atom stereocenters. The second-order valence-corrected chi connectivity index (χ2v) is 6.89. The third-order valence-electron chi connectivity index (χ3n) is 4.78. The minimum Gasteiger partial charge on any atom is -0.489 e. The Morgan fingerprint density at radius 2 is 1.82 bits per heavy atom. The van der Waals surface area contributed by atoms with Gasteiger partial charge in [0.25, 0.3) is 0 Å². The summed E-state index contributed by atoms with van der Waals surface area (Å²) in [4.78, 5) is 13.7. The van der Waals surface area contributed by atoms with Crippen LogP contribution < -0.4 is 19.5 Å². The maximum absolute atomic E-state index is 13.1. The lowest BCUT2D eigenvalue weighted by Crippen LogP contribution is -2.52. The number of ether oxygens (including phenoxy) is 3. The molecule has 2 aromatic carbocycles. The molecule has 2 heterocycles. The summed E-state index contributed by atoms with van der Waals surface area (Å²) in [5, 5.41) is 2.67. The minimum atomic E-state index is -3.62. The van der Waals surface area contributed by atoms with Crippen molar-refractivity contribution in [3.8, 4) is 17.2 Å². The first-order valence-electron chi connectivity index (χ1n) is 8.96. The molecule has 148 valence electrons. The quantitative estimate of drug-likeness (QED) is 0.822. The Labute approximate surface area is 161 Å². The Morgan fingerprint density at radius 1 is 1.14 bits per heavy atom. The van der Waals surface area contributed by atoms with Gasteiger partial charge in [-0.3, -0.25) is 9.69 Å². The first kappa shape index (κ1) is 18.5. The number of likely N-dealkylation sites (tertiary alicyclic amines) is 1. The van der Waals surface area contributed by atoms with Gasteiger partial charge in [-0.15, -0.1) is 8.78 Å². The van der Waals surface area contributed by atoms with Crippen molar-refractivity contribution in [2.24, 2.45) is 5.92 Å². The third kappa shape index (κ3) is 4.01. The van der Waals surface area contributed by atoms with Gasteiger partial charge >= 0.3 is 6.29 Å². The van der Waals surface area contributed by atoms with Crippen molar-refractivity contribution in [3.63, 3.8) is 0 Å². The van der Waals surface area contributed by atoms with E-state index in [1.54, 1.807) is 13.1 Å². The Bertz CT molecular complexity index is 867. The molecule has 28 heavy (non-hydrogen) atoms. The topological polar surface area (TPSA) is 60.0 Å². The number of nitrogens with zero attached hydrogens (tertiary/aromatic N) is 1. The van der Waals surface area contributed by atoms with E-state index in [0.29, 0.717) is 11.3 Å². The van der Waals surface area contributed by atoms with E-state index < -0.39 is 6.29 Å². The van der Waals surface area contributed by atoms with Gasteiger partial charge in [-0.05, 0) is 35.4 Å². The number of carbonyl (C=O) groups excluding carboxylic acids is 1. The van der Waals surface area contributed by atoms with Gasteiger partial charge in [-0.1, -0.05) is 18.2 Å². The molecule has 0 spiro atoms. The maximum Gasteiger partial charge on any atom is 0.586 e. The van der Waals surface area contributed by atoms with E-state index in [2.05, 4.69) is 19.7 Å². The molecule has 6 nitrogen and oxygen atoms in total. The van der Waals surface area contributed by atoms with Crippen LogP contribution in [0.4, 0.5) is 8.78 Å². The van der Waals surface area contributed by atoms with E-state index in [9.17, 15) is 13.6 Å². The van der Waals surface area contributed by atoms with Crippen LogP contribution in [0, 0.1) is 5.92 Å². The van der Waals surface area contributed by atoms with Gasteiger partial charge in [0.15, 0.2) is 11.5 Å². The van der Waals surface area contributed by atoms with Crippen molar-refractivity contribution in [2.45, 2.75) is 19.4 Å². The zero-order valence-electron chi connectivity index (χ0n) is 15.3. The third-order valence-corrected chi connectivity index (χ3v) is 4.78. The van der Waals surface area contributed by atoms with Crippen molar-refractivity contribution >= 4 is 5.91 Å². The number of amides is 1. The van der Waals surface area contributed by atoms with Crippen LogP contribution in [-0.2, 0) is 17.9 Å². The molecule has 2 aliphatic heterocycles. The van der Waals surface area contributed by atoms with Gasteiger partial charge in [-0.25, -0.2) is 0 Å². The zero-order valence-corrected chi connectivity index (χ0v) is 15.3. The summed E-state index contributed by atoms with van der Waals surface area (Å²) in [6.45, 7) is 2.54. The largest absolute Gasteiger partial charge is 0.586 e. The number of rotatable bonds is 6. The van der Waals surface area contributed by atoms with Gasteiger partial charge in [0.05, 0.1) is 5.92 Å². The lowest BCUT2D eigenvalue weighted by molar-refractivity contribution is -0.286. The Hall–Kier alpha value is -2.87. The highest BCUT2D eigenvalue weighted by Gasteiger charge is 2.43. The molecule has 2 aliphatic rings. The molecule has 0 atom stereocenters. The first-order valence-corrected chi connectivity index (χ1v) is 8.96. The molecule has 0 bridgehead atoms. The average Bonchev–Trinajstić information content (AvgIpc) is 2.96. The van der Waals surface area contributed by atoms with Crippen molar-refractivity contribution in [1.29, 1.82) is 0 Å². The normalized spacial score (nSPS) is 17.8. The van der Waals surface area contributed by atoms with Crippen LogP contribution in [0.15, 0.2) is 42.5 Å². The van der Waals surface area contributed by atoms with Crippen LogP contribution in [0.5, 0.6) is 17.2 Å². The summed E-state index contributed by atoms with van der Waals surface area (Å²) >= 11 is 0. The second kappa shape index (κ2) is 7.27. The van der Waals surface area contributed by atoms with Gasteiger partial charge in [0.2, 0.25) is 5.91 Å². The molecule has 1 fully saturated rings. The van der Waals surface area contributed by atoms with Crippen LogP contribution in [0.25, 0.3) is 0 Å². The summed E-state index contributed by atoms with van der Waals surface area (Å²) in [5.74, 6) is 0.869. The molecular weight excluding hydrogens is 370 g/mol. The molecular formula is C20H20F2N2O4. The zero-order chi connectivity index (χ0) is 19.7. The van der Waals surface area contributed by atoms with Gasteiger partial charge < -0.3 is 19.5 Å². The second-order valence-electron chi connectivity index (χ2n) is 6.89. The van der Waals surface area contributed by atoms with Crippen LogP contribution in [-0.4, -0.2) is 37.2 Å². The molecule has 1 N–H and O–H groups in total. The molecule has 0 saturated carbocycles. The standard InChI is InChI=1S/C20H20F2N2O4/c1-23-19(25)15-10-24(11-15)9-13-2-5-16(6-3-13)26-12-14-4-7-17-18(8-14)28-20(21,22)27-17/h2-8,15H,9-12H2,1H3,(H,23,25). The van der Waals surface area contributed by atoms with Crippen molar-refractivity contribution < 1.29 is 27.8 Å². The van der Waals surface area contributed by atoms with Gasteiger partial charge in [0.1, 0.15) is 12.4 Å². The minimum absolute atomic E-state index is 0.00561. The van der Waals surface area contributed by atoms with E-state index in [-0.39, 0.29) is 29.9 Å². The number of nitrogens with one attached hydrogen (secondary N) is 1. The fourth-order valence-corrected chi connectivity index (χ4v) is 3.27. The average molecular weight is 390 g/mol. The van der Waals surface area contributed by atoms with Crippen LogP contribution in [0.1, 0.15) is 11.1 Å². The number of hydrogen-bond acceptors (Lipinski definition) is 5. The summed E-state index contributed by atoms with van der Waals surface area (Å²) in [6.07, 6.45) is -3.62. The molecule has 0 radical (unpaired) electrons.